The van der Waals surface area contributed by atoms with Crippen LogP contribution in [-0.4, -0.2) is 47.2 Å². The van der Waals surface area contributed by atoms with Crippen LogP contribution in [0, 0.1) is 0 Å². The standard InChI is InChI=1S/C24H24N4O2S/c1-2-20-16-21-22(25-26-23(21)31-20)27-11-13-28(14-12-27)24(29)17-7-6-10-19(15-17)30-18-8-4-3-5-9-18/h3-10,15-16H,2,11-14H2,1H3,(H,25,26). The zero-order chi connectivity index (χ0) is 21.2. The number of hydrogen-bond acceptors (Lipinski definition) is 5. The van der Waals surface area contributed by atoms with Crippen molar-refractivity contribution < 1.29 is 9.53 Å². The van der Waals surface area contributed by atoms with Gasteiger partial charge in [0.25, 0.3) is 5.91 Å². The van der Waals surface area contributed by atoms with Gasteiger partial charge >= 0.3 is 0 Å². The second-order valence-corrected chi connectivity index (χ2v) is 8.69. The molecule has 0 bridgehead atoms. The summed E-state index contributed by atoms with van der Waals surface area (Å²) in [5, 5.41) is 8.84. The number of rotatable bonds is 5. The third kappa shape index (κ3) is 4.01. The Hall–Kier alpha value is -3.32. The largest absolute Gasteiger partial charge is 0.457 e. The lowest BCUT2D eigenvalue weighted by Crippen LogP contribution is -2.49. The van der Waals surface area contributed by atoms with Gasteiger partial charge in [-0.25, -0.2) is 0 Å². The maximum atomic E-state index is 13.1. The molecule has 2 aromatic heterocycles. The van der Waals surface area contributed by atoms with Crippen LogP contribution in [0.5, 0.6) is 11.5 Å². The van der Waals surface area contributed by atoms with Crippen molar-refractivity contribution in [1.29, 1.82) is 0 Å². The number of aromatic nitrogens is 2. The fourth-order valence-corrected chi connectivity index (χ4v) is 4.82. The number of thiophene rings is 1. The monoisotopic (exact) mass is 432 g/mol. The summed E-state index contributed by atoms with van der Waals surface area (Å²) in [6.07, 6.45) is 1.02. The third-order valence-electron chi connectivity index (χ3n) is 5.57. The molecule has 0 radical (unpaired) electrons. The number of aryl methyl sites for hydroxylation is 1. The van der Waals surface area contributed by atoms with E-state index in [9.17, 15) is 4.79 Å². The molecule has 1 aliphatic heterocycles. The number of carbonyl (C=O) groups excluding carboxylic acids is 1. The van der Waals surface area contributed by atoms with E-state index in [1.807, 2.05) is 59.5 Å². The van der Waals surface area contributed by atoms with Crippen molar-refractivity contribution in [3.05, 3.63) is 71.1 Å². The van der Waals surface area contributed by atoms with Crippen molar-refractivity contribution in [2.75, 3.05) is 31.1 Å². The minimum absolute atomic E-state index is 0.0386. The fraction of sp³-hybridized carbons (Fsp3) is 0.250. The van der Waals surface area contributed by atoms with Crippen molar-refractivity contribution >= 4 is 33.3 Å². The summed E-state index contributed by atoms with van der Waals surface area (Å²) < 4.78 is 5.89. The van der Waals surface area contributed by atoms with Crippen molar-refractivity contribution in [2.24, 2.45) is 0 Å². The number of piperazine rings is 1. The molecule has 0 saturated carbocycles. The summed E-state index contributed by atoms with van der Waals surface area (Å²) in [5.74, 6) is 2.53. The Balaban J connectivity index is 1.25. The van der Waals surface area contributed by atoms with Crippen LogP contribution >= 0.6 is 11.3 Å². The Morgan fingerprint density at radius 1 is 1.03 bits per heavy atom. The molecule has 5 rings (SSSR count). The highest BCUT2D eigenvalue weighted by Crippen LogP contribution is 2.32. The van der Waals surface area contributed by atoms with Crippen LogP contribution in [0.4, 0.5) is 5.82 Å². The van der Waals surface area contributed by atoms with Crippen molar-refractivity contribution in [3.8, 4) is 11.5 Å². The summed E-state index contributed by atoms with van der Waals surface area (Å²) in [7, 11) is 0. The molecule has 0 atom stereocenters. The molecule has 1 N–H and O–H groups in total. The summed E-state index contributed by atoms with van der Waals surface area (Å²) in [5.41, 5.74) is 0.649. The number of ether oxygens (including phenoxy) is 1. The Labute approximate surface area is 185 Å². The molecule has 1 aliphatic rings. The van der Waals surface area contributed by atoms with Crippen LogP contribution in [0.15, 0.2) is 60.7 Å². The maximum Gasteiger partial charge on any atom is 0.254 e. The first kappa shape index (κ1) is 19.6. The van der Waals surface area contributed by atoms with Gasteiger partial charge in [0.2, 0.25) is 0 Å². The number of nitrogens with one attached hydrogen (secondary N) is 1. The molecule has 3 heterocycles. The van der Waals surface area contributed by atoms with Gasteiger partial charge in [0, 0.05) is 36.6 Å². The number of aromatic amines is 1. The molecule has 158 valence electrons. The van der Waals surface area contributed by atoms with Gasteiger partial charge in [0.1, 0.15) is 22.1 Å². The smallest absolute Gasteiger partial charge is 0.254 e. The molecule has 6 nitrogen and oxygen atoms in total. The molecule has 0 aliphatic carbocycles. The number of H-pyrrole nitrogens is 1. The van der Waals surface area contributed by atoms with E-state index in [-0.39, 0.29) is 5.91 Å². The van der Waals surface area contributed by atoms with Crippen molar-refractivity contribution in [1.82, 2.24) is 15.1 Å². The molecule has 31 heavy (non-hydrogen) atoms. The lowest BCUT2D eigenvalue weighted by Gasteiger charge is -2.35. The highest BCUT2D eigenvalue weighted by atomic mass is 32.1. The van der Waals surface area contributed by atoms with E-state index in [1.54, 1.807) is 11.3 Å². The van der Waals surface area contributed by atoms with E-state index in [0.29, 0.717) is 24.4 Å². The zero-order valence-electron chi connectivity index (χ0n) is 17.4. The summed E-state index contributed by atoms with van der Waals surface area (Å²) in [4.78, 5) is 19.7. The summed E-state index contributed by atoms with van der Waals surface area (Å²) >= 11 is 1.74. The summed E-state index contributed by atoms with van der Waals surface area (Å²) in [6.45, 7) is 5.07. The minimum Gasteiger partial charge on any atom is -0.457 e. The Morgan fingerprint density at radius 3 is 2.58 bits per heavy atom. The quantitative estimate of drug-likeness (QED) is 0.485. The number of amides is 1. The van der Waals surface area contributed by atoms with Crippen LogP contribution in [0.3, 0.4) is 0 Å². The van der Waals surface area contributed by atoms with Crippen molar-refractivity contribution in [2.45, 2.75) is 13.3 Å². The normalized spacial score (nSPS) is 14.2. The average molecular weight is 433 g/mol. The highest BCUT2D eigenvalue weighted by molar-refractivity contribution is 7.18. The second-order valence-electron chi connectivity index (χ2n) is 7.58. The fourth-order valence-electron chi connectivity index (χ4n) is 3.90. The number of carbonyl (C=O) groups is 1. The van der Waals surface area contributed by atoms with Gasteiger partial charge in [-0.2, -0.15) is 5.10 Å². The van der Waals surface area contributed by atoms with Gasteiger partial charge in [-0.05, 0) is 42.8 Å². The Kier molecular flexibility index (Phi) is 5.34. The first-order valence-corrected chi connectivity index (χ1v) is 11.4. The molecule has 2 aromatic carbocycles. The van der Waals surface area contributed by atoms with E-state index in [1.165, 1.54) is 10.3 Å². The van der Waals surface area contributed by atoms with Gasteiger partial charge in [0.05, 0.1) is 5.39 Å². The van der Waals surface area contributed by atoms with Crippen LogP contribution in [0.1, 0.15) is 22.2 Å². The zero-order valence-corrected chi connectivity index (χ0v) is 18.2. The first-order valence-electron chi connectivity index (χ1n) is 10.6. The highest BCUT2D eigenvalue weighted by Gasteiger charge is 2.25. The van der Waals surface area contributed by atoms with Gasteiger partial charge in [-0.3, -0.25) is 9.89 Å². The van der Waals surface area contributed by atoms with E-state index in [4.69, 9.17) is 4.74 Å². The molecule has 0 unspecified atom stereocenters. The predicted octanol–water partition coefficient (Wildman–Crippen LogP) is 4.94. The number of nitrogens with zero attached hydrogens (tertiary/aromatic N) is 3. The number of hydrogen-bond donors (Lipinski definition) is 1. The van der Waals surface area contributed by atoms with E-state index >= 15 is 0 Å². The Morgan fingerprint density at radius 2 is 1.81 bits per heavy atom. The lowest BCUT2D eigenvalue weighted by atomic mass is 10.1. The van der Waals surface area contributed by atoms with Crippen LogP contribution in [-0.2, 0) is 6.42 Å². The second kappa shape index (κ2) is 8.43. The molecule has 7 heteroatoms. The van der Waals surface area contributed by atoms with Crippen LogP contribution in [0.25, 0.3) is 10.2 Å². The van der Waals surface area contributed by atoms with Gasteiger partial charge in [-0.1, -0.05) is 31.2 Å². The van der Waals surface area contributed by atoms with Crippen LogP contribution in [0.2, 0.25) is 0 Å². The molecule has 4 aromatic rings. The number of anilines is 1. The lowest BCUT2D eigenvalue weighted by molar-refractivity contribution is 0.0746. The maximum absolute atomic E-state index is 13.1. The van der Waals surface area contributed by atoms with Gasteiger partial charge in [0.15, 0.2) is 0 Å². The average Bonchev–Trinajstić information content (AvgIpc) is 3.40. The van der Waals surface area contributed by atoms with Crippen LogP contribution < -0.4 is 9.64 Å². The van der Waals surface area contributed by atoms with E-state index in [0.717, 1.165) is 35.9 Å². The molecular formula is C24H24N4O2S. The van der Waals surface area contributed by atoms with E-state index in [2.05, 4.69) is 28.1 Å². The molecule has 1 fully saturated rings. The number of benzene rings is 2. The predicted molar refractivity (Wildman–Crippen MR) is 124 cm³/mol. The minimum atomic E-state index is 0.0386. The van der Waals surface area contributed by atoms with Gasteiger partial charge < -0.3 is 14.5 Å². The number of para-hydroxylation sites is 1. The first-order chi connectivity index (χ1) is 15.2. The number of fused-ring (bicyclic) bond motifs is 1. The Bertz CT molecular complexity index is 1190. The van der Waals surface area contributed by atoms with Crippen molar-refractivity contribution in [3.63, 3.8) is 0 Å². The van der Waals surface area contributed by atoms with E-state index < -0.39 is 0 Å². The molecule has 0 spiro atoms. The third-order valence-corrected chi connectivity index (χ3v) is 6.75. The summed E-state index contributed by atoms with van der Waals surface area (Å²) in [6, 6.07) is 19.2. The molecule has 1 amide bonds. The SMILES string of the molecule is CCc1cc2c(N3CCN(C(=O)c4cccc(Oc5ccccc5)c4)CC3)[nH]nc2s1. The van der Waals surface area contributed by atoms with Gasteiger partial charge in [-0.15, -0.1) is 11.3 Å². The molecular weight excluding hydrogens is 408 g/mol. The topological polar surface area (TPSA) is 61.5 Å². The molecule has 1 saturated heterocycles.